The van der Waals surface area contributed by atoms with E-state index in [9.17, 15) is 0 Å². The number of fused-ring (bicyclic) bond motifs is 7. The summed E-state index contributed by atoms with van der Waals surface area (Å²) in [4.78, 5) is 2.40. The average Bonchev–Trinajstić information content (AvgIpc) is 3.78. The Morgan fingerprint density at radius 2 is 0.782 bits per heavy atom. The minimum absolute atomic E-state index is 1.10. The summed E-state index contributed by atoms with van der Waals surface area (Å²) in [6, 6.07) is 76.8. The Morgan fingerprint density at radius 3 is 1.47 bits per heavy atom. The van der Waals surface area contributed by atoms with Crippen molar-refractivity contribution >= 4 is 71.4 Å². The Hall–Kier alpha value is -7.36. The molecule has 11 rings (SSSR count). The highest BCUT2D eigenvalue weighted by Gasteiger charge is 2.21. The molecular formula is C52H35N3. The van der Waals surface area contributed by atoms with Crippen molar-refractivity contribution in [2.45, 2.75) is 0 Å². The van der Waals surface area contributed by atoms with Gasteiger partial charge in [0, 0.05) is 44.3 Å². The van der Waals surface area contributed by atoms with Gasteiger partial charge in [-0.15, -0.1) is 0 Å². The van der Waals surface area contributed by atoms with Gasteiger partial charge in [-0.3, -0.25) is 0 Å². The van der Waals surface area contributed by atoms with Crippen molar-refractivity contribution in [3.05, 3.63) is 212 Å². The molecule has 55 heavy (non-hydrogen) atoms. The lowest BCUT2D eigenvalue weighted by Gasteiger charge is -2.27. The number of rotatable bonds is 6. The molecule has 2 heterocycles. The first-order chi connectivity index (χ1) is 27.3. The van der Waals surface area contributed by atoms with Crippen molar-refractivity contribution in [2.75, 3.05) is 4.90 Å². The van der Waals surface area contributed by atoms with E-state index in [1.807, 2.05) is 0 Å². The van der Waals surface area contributed by atoms with Gasteiger partial charge in [0.2, 0.25) is 0 Å². The van der Waals surface area contributed by atoms with E-state index in [0.29, 0.717) is 0 Å². The predicted molar refractivity (Wildman–Crippen MR) is 233 cm³/mol. The maximum absolute atomic E-state index is 2.41. The third-order valence-corrected chi connectivity index (χ3v) is 11.1. The van der Waals surface area contributed by atoms with Gasteiger partial charge < -0.3 is 14.0 Å². The second-order valence-corrected chi connectivity index (χ2v) is 14.2. The van der Waals surface area contributed by atoms with Gasteiger partial charge in [0.05, 0.1) is 27.8 Å². The number of hydrogen-bond acceptors (Lipinski definition) is 1. The molecule has 0 aliphatic carbocycles. The Kier molecular flexibility index (Phi) is 7.17. The van der Waals surface area contributed by atoms with Gasteiger partial charge in [-0.05, 0) is 101 Å². The van der Waals surface area contributed by atoms with Gasteiger partial charge in [0.25, 0.3) is 0 Å². The molecule has 258 valence electrons. The van der Waals surface area contributed by atoms with Crippen LogP contribution in [0.25, 0.3) is 76.9 Å². The molecule has 0 spiro atoms. The van der Waals surface area contributed by atoms with Gasteiger partial charge in [-0.25, -0.2) is 0 Å². The van der Waals surface area contributed by atoms with Crippen molar-refractivity contribution in [1.29, 1.82) is 0 Å². The van der Waals surface area contributed by atoms with Crippen molar-refractivity contribution in [1.82, 2.24) is 9.13 Å². The molecule has 11 aromatic rings. The second kappa shape index (κ2) is 12.6. The first-order valence-corrected chi connectivity index (χ1v) is 18.9. The number of hydrogen-bond donors (Lipinski definition) is 0. The van der Waals surface area contributed by atoms with Crippen molar-refractivity contribution in [3.8, 4) is 22.5 Å². The fourth-order valence-electron chi connectivity index (χ4n) is 8.69. The summed E-state index contributed by atoms with van der Waals surface area (Å²) in [6.45, 7) is 0. The fourth-order valence-corrected chi connectivity index (χ4v) is 8.69. The number of anilines is 3. The van der Waals surface area contributed by atoms with Crippen LogP contribution in [0.4, 0.5) is 17.1 Å². The van der Waals surface area contributed by atoms with Crippen molar-refractivity contribution in [3.63, 3.8) is 0 Å². The van der Waals surface area contributed by atoms with E-state index in [4.69, 9.17) is 0 Å². The highest BCUT2D eigenvalue weighted by molar-refractivity contribution is 6.16. The predicted octanol–water partition coefficient (Wildman–Crippen LogP) is 14.2. The summed E-state index contributed by atoms with van der Waals surface area (Å²) < 4.78 is 4.79. The fraction of sp³-hybridized carbons (Fsp3) is 0. The van der Waals surface area contributed by atoms with Crippen LogP contribution in [0.3, 0.4) is 0 Å². The zero-order valence-electron chi connectivity index (χ0n) is 30.0. The van der Waals surface area contributed by atoms with Crippen molar-refractivity contribution in [2.24, 2.45) is 0 Å². The first kappa shape index (κ1) is 31.2. The van der Waals surface area contributed by atoms with Crippen LogP contribution < -0.4 is 4.90 Å². The van der Waals surface area contributed by atoms with Gasteiger partial charge in [-0.1, -0.05) is 133 Å². The van der Waals surface area contributed by atoms with Crippen LogP contribution >= 0.6 is 0 Å². The van der Waals surface area contributed by atoms with Gasteiger partial charge >= 0.3 is 0 Å². The molecule has 0 atom stereocenters. The van der Waals surface area contributed by atoms with Crippen LogP contribution in [-0.2, 0) is 0 Å². The second-order valence-electron chi connectivity index (χ2n) is 14.2. The van der Waals surface area contributed by atoms with Crippen LogP contribution in [0.5, 0.6) is 0 Å². The molecule has 0 bridgehead atoms. The highest BCUT2D eigenvalue weighted by atomic mass is 15.1. The molecule has 0 radical (unpaired) electrons. The Morgan fingerprint density at radius 1 is 0.309 bits per heavy atom. The van der Waals surface area contributed by atoms with E-state index in [1.165, 1.54) is 65.5 Å². The number of aromatic nitrogens is 2. The van der Waals surface area contributed by atoms with Gasteiger partial charge in [0.1, 0.15) is 0 Å². The van der Waals surface area contributed by atoms with Gasteiger partial charge in [-0.2, -0.15) is 0 Å². The van der Waals surface area contributed by atoms with Gasteiger partial charge in [0.15, 0.2) is 0 Å². The molecule has 0 aliphatic heterocycles. The van der Waals surface area contributed by atoms with Crippen LogP contribution in [0, 0.1) is 0 Å². The Balaban J connectivity index is 1.07. The largest absolute Gasteiger partial charge is 0.310 e. The lowest BCUT2D eigenvalue weighted by Crippen LogP contribution is -2.10. The molecule has 0 saturated heterocycles. The lowest BCUT2D eigenvalue weighted by molar-refractivity contribution is 1.17. The lowest BCUT2D eigenvalue weighted by atomic mass is 9.98. The quantitative estimate of drug-likeness (QED) is 0.168. The third kappa shape index (κ3) is 4.98. The molecule has 2 aromatic heterocycles. The van der Waals surface area contributed by atoms with Crippen LogP contribution in [0.15, 0.2) is 212 Å². The van der Waals surface area contributed by atoms with E-state index in [-0.39, 0.29) is 0 Å². The summed E-state index contributed by atoms with van der Waals surface area (Å²) in [5.41, 5.74) is 12.8. The zero-order valence-corrected chi connectivity index (χ0v) is 30.0. The molecule has 0 aliphatic rings. The van der Waals surface area contributed by atoms with Crippen LogP contribution in [-0.4, -0.2) is 9.13 Å². The molecule has 0 saturated carbocycles. The molecule has 9 aromatic carbocycles. The zero-order chi connectivity index (χ0) is 36.3. The van der Waals surface area contributed by atoms with E-state index < -0.39 is 0 Å². The average molecular weight is 702 g/mol. The highest BCUT2D eigenvalue weighted by Crippen LogP contribution is 2.44. The normalized spacial score (nSPS) is 11.6. The smallest absolute Gasteiger partial charge is 0.0562 e. The number of nitrogens with zero attached hydrogens (tertiary/aromatic N) is 3. The van der Waals surface area contributed by atoms with Crippen molar-refractivity contribution < 1.29 is 0 Å². The molecule has 0 N–H and O–H groups in total. The SMILES string of the molecule is c1ccc(N(c2ccc(-n3c4ccccc4c4ccccc43)cc2)c2cccc3c2c2ccccc2n3-c2ccc(-c3cccc4ccccc34)cc2)cc1. The van der Waals surface area contributed by atoms with E-state index >= 15 is 0 Å². The molecular weight excluding hydrogens is 667 g/mol. The molecule has 3 nitrogen and oxygen atoms in total. The Bertz CT molecular complexity index is 3130. The summed E-state index contributed by atoms with van der Waals surface area (Å²) in [5, 5.41) is 7.48. The minimum Gasteiger partial charge on any atom is -0.310 e. The summed E-state index contributed by atoms with van der Waals surface area (Å²) >= 11 is 0. The molecule has 0 unspecified atom stereocenters. The summed E-state index contributed by atoms with van der Waals surface area (Å²) in [6.07, 6.45) is 0. The summed E-state index contributed by atoms with van der Waals surface area (Å²) in [5.74, 6) is 0. The van der Waals surface area contributed by atoms with E-state index in [0.717, 1.165) is 28.4 Å². The number of para-hydroxylation sites is 4. The van der Waals surface area contributed by atoms with Crippen LogP contribution in [0.1, 0.15) is 0 Å². The number of benzene rings is 9. The topological polar surface area (TPSA) is 13.1 Å². The third-order valence-electron chi connectivity index (χ3n) is 11.1. The standard InChI is InChI=1S/C52H35N3/c1-2-16-38(17-3-1)53(39-32-34-41(35-33-39)54-47-23-9-6-19-44(47)45-20-7-10-24-48(45)54)50-26-13-27-51-52(50)46-21-8-11-25-49(46)55(51)40-30-28-37(29-31-40)43-22-12-15-36-14-4-5-18-42(36)43/h1-35H. The maximum Gasteiger partial charge on any atom is 0.0562 e. The van der Waals surface area contributed by atoms with E-state index in [1.54, 1.807) is 0 Å². The molecule has 3 heteroatoms. The molecule has 0 fully saturated rings. The Labute approximate surface area is 319 Å². The summed E-state index contributed by atoms with van der Waals surface area (Å²) in [7, 11) is 0. The maximum atomic E-state index is 2.41. The first-order valence-electron chi connectivity index (χ1n) is 18.9. The monoisotopic (exact) mass is 701 g/mol. The molecule has 0 amide bonds. The van der Waals surface area contributed by atoms with E-state index in [2.05, 4.69) is 226 Å². The van der Waals surface area contributed by atoms with Crippen LogP contribution in [0.2, 0.25) is 0 Å². The minimum atomic E-state index is 1.10.